The summed E-state index contributed by atoms with van der Waals surface area (Å²) in [6, 6.07) is 16.1. The van der Waals surface area contributed by atoms with Crippen LogP contribution in [0.4, 0.5) is 0 Å². The van der Waals surface area contributed by atoms with Crippen LogP contribution in [0.15, 0.2) is 54.7 Å². The molecule has 164 valence electrons. The molecule has 0 aliphatic carbocycles. The first-order valence-corrected chi connectivity index (χ1v) is 11.0. The van der Waals surface area contributed by atoms with E-state index >= 15 is 0 Å². The van der Waals surface area contributed by atoms with Gasteiger partial charge in [0.05, 0.1) is 17.3 Å². The molecule has 1 aliphatic heterocycles. The molecule has 3 heterocycles. The number of hydrogen-bond acceptors (Lipinski definition) is 5. The largest absolute Gasteiger partial charge is 0.343 e. The molecule has 1 amide bonds. The number of pyridine rings is 1. The van der Waals surface area contributed by atoms with E-state index in [0.29, 0.717) is 5.82 Å². The molecular formula is C24H32N6O. The van der Waals surface area contributed by atoms with E-state index in [1.165, 1.54) is 0 Å². The molecule has 0 radical (unpaired) electrons. The Morgan fingerprint density at radius 2 is 1.87 bits per heavy atom. The third-order valence-electron chi connectivity index (χ3n) is 5.78. The quantitative estimate of drug-likeness (QED) is 0.585. The number of hydrogen-bond donors (Lipinski definition) is 2. The van der Waals surface area contributed by atoms with Crippen LogP contribution in [0, 0.1) is 0 Å². The number of aromatic nitrogens is 2. The Morgan fingerprint density at radius 1 is 1.13 bits per heavy atom. The number of imidazole rings is 1. The van der Waals surface area contributed by atoms with Crippen molar-refractivity contribution >= 4 is 11.4 Å². The number of benzene rings is 1. The normalized spacial score (nSPS) is 16.0. The van der Waals surface area contributed by atoms with Gasteiger partial charge in [0.25, 0.3) is 5.91 Å². The second kappa shape index (κ2) is 10.0. The van der Waals surface area contributed by atoms with E-state index in [1.54, 1.807) is 0 Å². The van der Waals surface area contributed by atoms with Crippen molar-refractivity contribution in [2.75, 3.05) is 46.8 Å². The summed E-state index contributed by atoms with van der Waals surface area (Å²) in [5, 5.41) is 6.62. The Balaban J connectivity index is 1.58. The van der Waals surface area contributed by atoms with Crippen LogP contribution < -0.4 is 10.6 Å². The number of nitrogens with one attached hydrogen (secondary N) is 2. The second-order valence-corrected chi connectivity index (χ2v) is 8.39. The van der Waals surface area contributed by atoms with Crippen molar-refractivity contribution in [2.24, 2.45) is 0 Å². The maximum atomic E-state index is 13.4. The molecule has 7 nitrogen and oxygen atoms in total. The maximum Gasteiger partial charge on any atom is 0.288 e. The van der Waals surface area contributed by atoms with Crippen molar-refractivity contribution in [3.8, 4) is 0 Å². The second-order valence-electron chi connectivity index (χ2n) is 8.39. The third kappa shape index (κ3) is 5.31. The number of carbonyl (C=O) groups excluding carboxylic acids is 1. The molecule has 1 aliphatic rings. The van der Waals surface area contributed by atoms with Gasteiger partial charge < -0.3 is 15.5 Å². The van der Waals surface area contributed by atoms with Gasteiger partial charge >= 0.3 is 0 Å². The van der Waals surface area contributed by atoms with Crippen LogP contribution in [0.2, 0.25) is 0 Å². The number of piperazine rings is 1. The van der Waals surface area contributed by atoms with Gasteiger partial charge in [0.15, 0.2) is 0 Å². The van der Waals surface area contributed by atoms with Crippen LogP contribution in [0.3, 0.4) is 0 Å². The van der Waals surface area contributed by atoms with Gasteiger partial charge in [-0.1, -0.05) is 36.4 Å². The van der Waals surface area contributed by atoms with E-state index in [4.69, 9.17) is 4.98 Å². The predicted octanol–water partition coefficient (Wildman–Crippen LogP) is 2.16. The molecule has 1 unspecified atom stereocenters. The number of fused-ring (bicyclic) bond motifs is 1. The van der Waals surface area contributed by atoms with Crippen molar-refractivity contribution in [1.82, 2.24) is 29.8 Å². The van der Waals surface area contributed by atoms with E-state index in [1.807, 2.05) is 61.1 Å². The van der Waals surface area contributed by atoms with Gasteiger partial charge in [0.1, 0.15) is 0 Å². The van der Waals surface area contributed by atoms with Crippen LogP contribution in [0.5, 0.6) is 0 Å². The van der Waals surface area contributed by atoms with Crippen molar-refractivity contribution in [2.45, 2.75) is 19.0 Å². The van der Waals surface area contributed by atoms with Crippen LogP contribution in [-0.4, -0.2) is 71.9 Å². The molecule has 0 spiro atoms. The van der Waals surface area contributed by atoms with Crippen molar-refractivity contribution in [3.05, 3.63) is 71.8 Å². The highest BCUT2D eigenvalue weighted by atomic mass is 16.2. The zero-order chi connectivity index (χ0) is 21.6. The summed E-state index contributed by atoms with van der Waals surface area (Å²) in [5.41, 5.74) is 3.06. The van der Waals surface area contributed by atoms with E-state index < -0.39 is 0 Å². The summed E-state index contributed by atoms with van der Waals surface area (Å²) in [6.45, 7) is 5.61. The summed E-state index contributed by atoms with van der Waals surface area (Å²) >= 11 is 0. The highest BCUT2D eigenvalue weighted by Crippen LogP contribution is 2.20. The Labute approximate surface area is 184 Å². The number of nitrogens with zero attached hydrogens (tertiary/aromatic N) is 4. The summed E-state index contributed by atoms with van der Waals surface area (Å²) in [5.74, 6) is 0.312. The average molecular weight is 421 g/mol. The van der Waals surface area contributed by atoms with E-state index in [-0.39, 0.29) is 11.9 Å². The fraction of sp³-hybridized carbons (Fsp3) is 0.417. The molecule has 1 atom stereocenters. The first-order valence-electron chi connectivity index (χ1n) is 11.0. The minimum Gasteiger partial charge on any atom is -0.343 e. The first-order chi connectivity index (χ1) is 15.1. The standard InChI is InChI=1S/C24H32N6O/c1-28(2)15-11-20(19-8-4-3-5-9-19)27-24(31)23-26-21(18-29-16-12-25-13-17-29)22-10-6-7-14-30(22)23/h3-10,14,20,25H,11-13,15-18H2,1-2H3,(H,27,31). The molecule has 7 heteroatoms. The molecule has 2 N–H and O–H groups in total. The molecule has 0 saturated carbocycles. The summed E-state index contributed by atoms with van der Waals surface area (Å²) < 4.78 is 1.92. The maximum absolute atomic E-state index is 13.4. The van der Waals surface area contributed by atoms with E-state index in [2.05, 4.69) is 32.6 Å². The lowest BCUT2D eigenvalue weighted by Crippen LogP contribution is -2.43. The Kier molecular flexibility index (Phi) is 6.96. The molecular weight excluding hydrogens is 388 g/mol. The molecule has 1 aromatic carbocycles. The molecule has 4 rings (SSSR count). The summed E-state index contributed by atoms with van der Waals surface area (Å²) in [4.78, 5) is 22.7. The van der Waals surface area contributed by atoms with E-state index in [9.17, 15) is 4.79 Å². The minimum atomic E-state index is -0.139. The molecule has 2 aromatic heterocycles. The van der Waals surface area contributed by atoms with Gasteiger partial charge in [0, 0.05) is 38.9 Å². The molecule has 1 saturated heterocycles. The highest BCUT2D eigenvalue weighted by molar-refractivity contribution is 5.92. The average Bonchev–Trinajstić information content (AvgIpc) is 3.16. The van der Waals surface area contributed by atoms with Crippen LogP contribution in [-0.2, 0) is 6.54 Å². The zero-order valence-corrected chi connectivity index (χ0v) is 18.4. The predicted molar refractivity (Wildman–Crippen MR) is 123 cm³/mol. The van der Waals surface area contributed by atoms with Gasteiger partial charge in [-0.2, -0.15) is 0 Å². The molecule has 1 fully saturated rings. The minimum absolute atomic E-state index is 0.0659. The van der Waals surface area contributed by atoms with Crippen LogP contribution >= 0.6 is 0 Å². The number of rotatable bonds is 8. The highest BCUT2D eigenvalue weighted by Gasteiger charge is 2.22. The Bertz CT molecular complexity index is 994. The fourth-order valence-corrected chi connectivity index (χ4v) is 4.08. The van der Waals surface area contributed by atoms with Crippen molar-refractivity contribution < 1.29 is 4.79 Å². The van der Waals surface area contributed by atoms with Gasteiger partial charge in [-0.25, -0.2) is 4.98 Å². The summed E-state index contributed by atoms with van der Waals surface area (Å²) in [6.07, 6.45) is 2.76. The summed E-state index contributed by atoms with van der Waals surface area (Å²) in [7, 11) is 4.10. The Hall–Kier alpha value is -2.74. The Morgan fingerprint density at radius 3 is 2.61 bits per heavy atom. The third-order valence-corrected chi connectivity index (χ3v) is 5.78. The van der Waals surface area contributed by atoms with Crippen molar-refractivity contribution in [3.63, 3.8) is 0 Å². The van der Waals surface area contributed by atoms with Gasteiger partial charge in [-0.05, 0) is 44.8 Å². The molecule has 0 bridgehead atoms. The van der Waals surface area contributed by atoms with Gasteiger partial charge in [0.2, 0.25) is 5.82 Å². The van der Waals surface area contributed by atoms with Crippen LogP contribution in [0.1, 0.15) is 34.3 Å². The number of amides is 1. The SMILES string of the molecule is CN(C)CCC(NC(=O)c1nc(CN2CCNCC2)c2ccccn12)c1ccccc1. The lowest BCUT2D eigenvalue weighted by molar-refractivity contribution is 0.0921. The first kappa shape index (κ1) is 21.5. The monoisotopic (exact) mass is 420 g/mol. The topological polar surface area (TPSA) is 64.9 Å². The fourth-order valence-electron chi connectivity index (χ4n) is 4.08. The lowest BCUT2D eigenvalue weighted by atomic mass is 10.0. The zero-order valence-electron chi connectivity index (χ0n) is 18.4. The smallest absolute Gasteiger partial charge is 0.288 e. The lowest BCUT2D eigenvalue weighted by Gasteiger charge is -2.26. The van der Waals surface area contributed by atoms with Crippen molar-refractivity contribution in [1.29, 1.82) is 0 Å². The van der Waals surface area contributed by atoms with Gasteiger partial charge in [-0.3, -0.25) is 14.1 Å². The van der Waals surface area contributed by atoms with E-state index in [0.717, 1.165) is 62.5 Å². The molecule has 31 heavy (non-hydrogen) atoms. The molecule has 3 aromatic rings. The van der Waals surface area contributed by atoms with Crippen LogP contribution in [0.25, 0.3) is 5.52 Å². The van der Waals surface area contributed by atoms with Gasteiger partial charge in [-0.15, -0.1) is 0 Å². The number of carbonyl (C=O) groups is 1.